The Morgan fingerprint density at radius 3 is 3.15 bits per heavy atom. The van der Waals surface area contributed by atoms with E-state index in [1.54, 1.807) is 12.1 Å². The molecular weight excluding hydrogens is 172 g/mol. The molecule has 1 aromatic rings. The van der Waals surface area contributed by atoms with Gasteiger partial charge in [0.2, 0.25) is 0 Å². The molecule has 1 aromatic heterocycles. The Balaban J connectivity index is 2.97. The van der Waals surface area contributed by atoms with E-state index in [0.29, 0.717) is 5.69 Å². The Bertz CT molecular complexity index is 336. The standard InChI is InChI=1S/C8H8N2O3/c1-6(11)13-8-3-2-4-9-7(8)5-10-12/h2-5,12H,1H3/b10-5+. The van der Waals surface area contributed by atoms with Gasteiger partial charge in [-0.25, -0.2) is 0 Å². The molecule has 0 aromatic carbocycles. The van der Waals surface area contributed by atoms with Gasteiger partial charge in [0.25, 0.3) is 0 Å². The minimum absolute atomic E-state index is 0.271. The number of carbonyl (C=O) groups excluding carboxylic acids is 1. The lowest BCUT2D eigenvalue weighted by atomic mass is 10.3. The van der Waals surface area contributed by atoms with Gasteiger partial charge in [-0.1, -0.05) is 5.16 Å². The highest BCUT2D eigenvalue weighted by Crippen LogP contribution is 2.12. The molecule has 0 fully saturated rings. The third kappa shape index (κ3) is 2.55. The van der Waals surface area contributed by atoms with Crippen LogP contribution in [0.1, 0.15) is 12.6 Å². The summed E-state index contributed by atoms with van der Waals surface area (Å²) in [6, 6.07) is 3.18. The number of carbonyl (C=O) groups is 1. The summed E-state index contributed by atoms with van der Waals surface area (Å²) in [6.07, 6.45) is 2.60. The number of aromatic nitrogens is 1. The highest BCUT2D eigenvalue weighted by atomic mass is 16.5. The lowest BCUT2D eigenvalue weighted by molar-refractivity contribution is -0.131. The van der Waals surface area contributed by atoms with Crippen molar-refractivity contribution >= 4 is 12.2 Å². The number of nitrogens with zero attached hydrogens (tertiary/aromatic N) is 2. The van der Waals surface area contributed by atoms with Crippen molar-refractivity contribution in [3.8, 4) is 5.75 Å². The van der Waals surface area contributed by atoms with Crippen LogP contribution in [-0.4, -0.2) is 22.4 Å². The summed E-state index contributed by atoms with van der Waals surface area (Å²) in [4.78, 5) is 14.4. The summed E-state index contributed by atoms with van der Waals surface area (Å²) in [5.74, 6) is -0.173. The first-order valence-electron chi connectivity index (χ1n) is 3.55. The van der Waals surface area contributed by atoms with E-state index in [1.165, 1.54) is 13.1 Å². The van der Waals surface area contributed by atoms with Crippen molar-refractivity contribution < 1.29 is 14.7 Å². The first-order chi connectivity index (χ1) is 6.24. The van der Waals surface area contributed by atoms with E-state index < -0.39 is 5.97 Å². The van der Waals surface area contributed by atoms with Crippen LogP contribution in [0.3, 0.4) is 0 Å². The maximum Gasteiger partial charge on any atom is 0.308 e. The summed E-state index contributed by atoms with van der Waals surface area (Å²) < 4.78 is 4.79. The van der Waals surface area contributed by atoms with E-state index in [-0.39, 0.29) is 5.75 Å². The van der Waals surface area contributed by atoms with E-state index in [0.717, 1.165) is 6.21 Å². The molecule has 0 bridgehead atoms. The average molecular weight is 180 g/mol. The summed E-state index contributed by atoms with van der Waals surface area (Å²) in [7, 11) is 0. The Kier molecular flexibility index (Phi) is 2.97. The number of pyridine rings is 1. The van der Waals surface area contributed by atoms with Crippen molar-refractivity contribution in [3.05, 3.63) is 24.0 Å². The molecule has 0 aliphatic heterocycles. The molecule has 13 heavy (non-hydrogen) atoms. The number of hydrogen-bond acceptors (Lipinski definition) is 5. The first-order valence-corrected chi connectivity index (χ1v) is 3.55. The summed E-state index contributed by atoms with van der Waals surface area (Å²) in [5, 5.41) is 11.1. The van der Waals surface area contributed by atoms with Crippen LogP contribution in [0, 0.1) is 0 Å². The van der Waals surface area contributed by atoms with Gasteiger partial charge in [-0.2, -0.15) is 0 Å². The van der Waals surface area contributed by atoms with E-state index in [9.17, 15) is 4.79 Å². The summed E-state index contributed by atoms with van der Waals surface area (Å²) in [6.45, 7) is 1.28. The van der Waals surface area contributed by atoms with Gasteiger partial charge < -0.3 is 9.94 Å². The second-order valence-corrected chi connectivity index (χ2v) is 2.22. The molecule has 0 radical (unpaired) electrons. The van der Waals surface area contributed by atoms with Crippen molar-refractivity contribution in [1.82, 2.24) is 4.98 Å². The van der Waals surface area contributed by atoms with E-state index in [4.69, 9.17) is 9.94 Å². The van der Waals surface area contributed by atoms with Gasteiger partial charge >= 0.3 is 5.97 Å². The fraction of sp³-hybridized carbons (Fsp3) is 0.125. The number of esters is 1. The molecular formula is C8H8N2O3. The molecule has 68 valence electrons. The van der Waals surface area contributed by atoms with Crippen LogP contribution in [-0.2, 0) is 4.79 Å². The maximum atomic E-state index is 10.6. The molecule has 0 atom stereocenters. The topological polar surface area (TPSA) is 71.8 Å². The molecule has 1 heterocycles. The molecule has 1 rings (SSSR count). The third-order valence-corrected chi connectivity index (χ3v) is 1.23. The van der Waals surface area contributed by atoms with Crippen LogP contribution in [0.5, 0.6) is 5.75 Å². The predicted molar refractivity (Wildman–Crippen MR) is 44.9 cm³/mol. The molecule has 5 heteroatoms. The lowest BCUT2D eigenvalue weighted by Gasteiger charge is -2.02. The van der Waals surface area contributed by atoms with Gasteiger partial charge in [-0.3, -0.25) is 9.78 Å². The number of hydrogen-bond donors (Lipinski definition) is 1. The lowest BCUT2D eigenvalue weighted by Crippen LogP contribution is -2.04. The van der Waals surface area contributed by atoms with Gasteiger partial charge in [0, 0.05) is 13.1 Å². The molecule has 0 amide bonds. The van der Waals surface area contributed by atoms with Gasteiger partial charge in [0.15, 0.2) is 5.75 Å². The monoisotopic (exact) mass is 180 g/mol. The molecule has 0 aliphatic rings. The van der Waals surface area contributed by atoms with Crippen LogP contribution >= 0.6 is 0 Å². The SMILES string of the molecule is CC(=O)Oc1cccnc1/C=N/O. The van der Waals surface area contributed by atoms with Gasteiger partial charge in [0.05, 0.1) is 6.21 Å². The second-order valence-electron chi connectivity index (χ2n) is 2.22. The van der Waals surface area contributed by atoms with E-state index >= 15 is 0 Å². The highest BCUT2D eigenvalue weighted by molar-refractivity contribution is 5.82. The highest BCUT2D eigenvalue weighted by Gasteiger charge is 2.03. The van der Waals surface area contributed by atoms with E-state index in [1.807, 2.05) is 0 Å². The summed E-state index contributed by atoms with van der Waals surface area (Å²) >= 11 is 0. The molecule has 5 nitrogen and oxygen atoms in total. The Hall–Kier alpha value is -1.91. The van der Waals surface area contributed by atoms with Crippen molar-refractivity contribution in [2.75, 3.05) is 0 Å². The van der Waals surface area contributed by atoms with E-state index in [2.05, 4.69) is 10.1 Å². The predicted octanol–water partition coefficient (Wildman–Crippen LogP) is 0.815. The Morgan fingerprint density at radius 1 is 1.77 bits per heavy atom. The quantitative estimate of drug-likeness (QED) is 0.316. The zero-order chi connectivity index (χ0) is 9.68. The average Bonchev–Trinajstić information content (AvgIpc) is 2.08. The second kappa shape index (κ2) is 4.20. The molecule has 0 aliphatic carbocycles. The number of ether oxygens (including phenoxy) is 1. The largest absolute Gasteiger partial charge is 0.424 e. The molecule has 0 saturated carbocycles. The van der Waals surface area contributed by atoms with Crippen LogP contribution in [0.15, 0.2) is 23.5 Å². The third-order valence-electron chi connectivity index (χ3n) is 1.23. The van der Waals surface area contributed by atoms with Gasteiger partial charge in [-0.15, -0.1) is 0 Å². The van der Waals surface area contributed by atoms with Crippen LogP contribution < -0.4 is 4.74 Å². The summed E-state index contributed by atoms with van der Waals surface area (Å²) in [5.41, 5.74) is 0.306. The fourth-order valence-corrected chi connectivity index (χ4v) is 0.796. The van der Waals surface area contributed by atoms with Crippen LogP contribution in [0.25, 0.3) is 0 Å². The molecule has 0 spiro atoms. The van der Waals surface area contributed by atoms with Crippen LogP contribution in [0.4, 0.5) is 0 Å². The molecule has 0 saturated heterocycles. The first kappa shape index (κ1) is 9.18. The van der Waals surface area contributed by atoms with Crippen molar-refractivity contribution in [1.29, 1.82) is 0 Å². The minimum atomic E-state index is -0.444. The molecule has 0 unspecified atom stereocenters. The fourth-order valence-electron chi connectivity index (χ4n) is 0.796. The maximum absolute atomic E-state index is 10.6. The van der Waals surface area contributed by atoms with Gasteiger partial charge in [0.1, 0.15) is 5.69 Å². The van der Waals surface area contributed by atoms with Gasteiger partial charge in [-0.05, 0) is 12.1 Å². The minimum Gasteiger partial charge on any atom is -0.424 e. The Morgan fingerprint density at radius 2 is 2.54 bits per heavy atom. The smallest absolute Gasteiger partial charge is 0.308 e. The molecule has 1 N–H and O–H groups in total. The van der Waals surface area contributed by atoms with Crippen molar-refractivity contribution in [2.45, 2.75) is 6.92 Å². The van der Waals surface area contributed by atoms with Crippen molar-refractivity contribution in [2.24, 2.45) is 5.16 Å². The Labute approximate surface area is 74.7 Å². The number of oxime groups is 1. The van der Waals surface area contributed by atoms with Crippen molar-refractivity contribution in [3.63, 3.8) is 0 Å². The number of rotatable bonds is 2. The zero-order valence-electron chi connectivity index (χ0n) is 6.97. The normalized spacial score (nSPS) is 10.2. The van der Waals surface area contributed by atoms with Crippen LogP contribution in [0.2, 0.25) is 0 Å². The zero-order valence-corrected chi connectivity index (χ0v) is 6.97.